The molecule has 194 valence electrons. The molecule has 0 radical (unpaired) electrons. The zero-order valence-electron chi connectivity index (χ0n) is 20.2. The standard InChI is InChI=1S/C26H23N5O6S/c27-24-19(25(33)28-26-31(24)29-22(38-26)13-23(32)30-7-9-34-10-8-30)11-16-1-4-18(5-2-16)35-14-17-3-6-20-21(12-17)37-15-36-20/h1-6,11-12,27H,7-10,13-15H2/b19-11-,27-24?. The van der Waals surface area contributed by atoms with Gasteiger partial charge < -0.3 is 23.8 Å². The van der Waals surface area contributed by atoms with Crippen LogP contribution in [0, 0.1) is 5.41 Å². The van der Waals surface area contributed by atoms with Crippen molar-refractivity contribution in [2.24, 2.45) is 10.1 Å². The van der Waals surface area contributed by atoms with Gasteiger partial charge >= 0.3 is 0 Å². The first-order chi connectivity index (χ1) is 18.5. The van der Waals surface area contributed by atoms with Gasteiger partial charge in [-0.3, -0.25) is 15.0 Å². The van der Waals surface area contributed by atoms with Crippen LogP contribution in [0.3, 0.4) is 0 Å². The maximum Gasteiger partial charge on any atom is 0.283 e. The normalized spacial score (nSPS) is 19.4. The first-order valence-corrected chi connectivity index (χ1v) is 12.8. The minimum atomic E-state index is -0.521. The van der Waals surface area contributed by atoms with Gasteiger partial charge in [0, 0.05) is 13.1 Å². The third-order valence-electron chi connectivity index (χ3n) is 6.20. The summed E-state index contributed by atoms with van der Waals surface area (Å²) >= 11 is 1.14. The highest BCUT2D eigenvalue weighted by atomic mass is 32.2. The van der Waals surface area contributed by atoms with Gasteiger partial charge in [0.1, 0.15) is 17.4 Å². The fourth-order valence-electron chi connectivity index (χ4n) is 4.18. The summed E-state index contributed by atoms with van der Waals surface area (Å²) in [6, 6.07) is 12.9. The number of hydrogen-bond acceptors (Lipinski definition) is 9. The summed E-state index contributed by atoms with van der Waals surface area (Å²) in [5.74, 6) is 1.42. The van der Waals surface area contributed by atoms with E-state index in [1.807, 2.05) is 18.2 Å². The van der Waals surface area contributed by atoms with E-state index in [0.717, 1.165) is 23.1 Å². The van der Waals surface area contributed by atoms with Crippen molar-refractivity contribution in [1.82, 2.24) is 9.91 Å². The van der Waals surface area contributed by atoms with Crippen molar-refractivity contribution in [3.8, 4) is 17.2 Å². The quantitative estimate of drug-likeness (QED) is 0.562. The van der Waals surface area contributed by atoms with Crippen molar-refractivity contribution in [2.75, 3.05) is 33.1 Å². The Morgan fingerprint density at radius 3 is 2.71 bits per heavy atom. The lowest BCUT2D eigenvalue weighted by Crippen LogP contribution is -2.41. The molecule has 2 aromatic rings. The summed E-state index contributed by atoms with van der Waals surface area (Å²) in [5, 5.41) is 15.0. The Hall–Kier alpha value is -4.16. The van der Waals surface area contributed by atoms with E-state index in [9.17, 15) is 9.59 Å². The maximum atomic E-state index is 12.7. The fourth-order valence-corrected chi connectivity index (χ4v) is 5.06. The van der Waals surface area contributed by atoms with Gasteiger partial charge in [-0.2, -0.15) is 15.1 Å². The number of benzene rings is 2. The summed E-state index contributed by atoms with van der Waals surface area (Å²) < 4.78 is 21.9. The summed E-state index contributed by atoms with van der Waals surface area (Å²) in [6.45, 7) is 2.71. The van der Waals surface area contributed by atoms with Crippen LogP contribution in [-0.4, -0.2) is 70.9 Å². The number of carbonyl (C=O) groups excluding carboxylic acids is 2. The van der Waals surface area contributed by atoms with Crippen LogP contribution >= 0.6 is 11.8 Å². The number of nitrogens with one attached hydrogen (secondary N) is 1. The lowest BCUT2D eigenvalue weighted by Gasteiger charge is -2.26. The number of rotatable bonds is 6. The van der Waals surface area contributed by atoms with Gasteiger partial charge in [-0.05, 0) is 53.2 Å². The third-order valence-corrected chi connectivity index (χ3v) is 7.10. The van der Waals surface area contributed by atoms with Crippen LogP contribution in [0.15, 0.2) is 58.1 Å². The minimum absolute atomic E-state index is 0.0607. The summed E-state index contributed by atoms with van der Waals surface area (Å²) in [4.78, 5) is 31.1. The molecule has 1 saturated heterocycles. The molecule has 6 rings (SSSR count). The largest absolute Gasteiger partial charge is 0.489 e. The molecule has 12 heteroatoms. The van der Waals surface area contributed by atoms with Crippen LogP contribution in [0.25, 0.3) is 6.08 Å². The van der Waals surface area contributed by atoms with Crippen molar-refractivity contribution < 1.29 is 28.5 Å². The Labute approximate surface area is 222 Å². The molecule has 11 nitrogen and oxygen atoms in total. The molecule has 4 aliphatic rings. The molecule has 4 aliphatic heterocycles. The molecule has 38 heavy (non-hydrogen) atoms. The molecular formula is C26H23N5O6S. The van der Waals surface area contributed by atoms with Crippen LogP contribution in [0.4, 0.5) is 0 Å². The fraction of sp³-hybridized carbons (Fsp3) is 0.269. The van der Waals surface area contributed by atoms with Crippen molar-refractivity contribution in [2.45, 2.75) is 13.0 Å². The molecule has 0 aromatic heterocycles. The van der Waals surface area contributed by atoms with E-state index in [0.29, 0.717) is 55.0 Å². The Kier molecular flexibility index (Phi) is 6.56. The summed E-state index contributed by atoms with van der Waals surface area (Å²) in [7, 11) is 0. The molecule has 0 atom stereocenters. The van der Waals surface area contributed by atoms with Crippen LogP contribution < -0.4 is 14.2 Å². The zero-order chi connectivity index (χ0) is 26.1. The molecule has 4 heterocycles. The number of amides is 2. The molecule has 0 unspecified atom stereocenters. The second-order valence-corrected chi connectivity index (χ2v) is 9.77. The number of aliphatic imine (C=N–C) groups is 1. The molecule has 2 aromatic carbocycles. The number of fused-ring (bicyclic) bond motifs is 2. The SMILES string of the molecule is N=C1/C(=C/c2ccc(OCc3ccc4c(c3)OCO4)cc2)C(=O)N=C2SC(CC(=O)N3CCOCC3)=NN12. The minimum Gasteiger partial charge on any atom is -0.489 e. The second-order valence-electron chi connectivity index (χ2n) is 8.73. The lowest BCUT2D eigenvalue weighted by atomic mass is 10.1. The van der Waals surface area contributed by atoms with Gasteiger partial charge in [-0.1, -0.05) is 18.2 Å². The number of nitrogens with zero attached hydrogens (tertiary/aromatic N) is 4. The van der Waals surface area contributed by atoms with E-state index < -0.39 is 5.91 Å². The topological polar surface area (TPSA) is 126 Å². The van der Waals surface area contributed by atoms with Gasteiger partial charge in [-0.15, -0.1) is 0 Å². The Bertz CT molecular complexity index is 1400. The van der Waals surface area contributed by atoms with E-state index >= 15 is 0 Å². The highest BCUT2D eigenvalue weighted by Crippen LogP contribution is 2.33. The van der Waals surface area contributed by atoms with E-state index in [-0.39, 0.29) is 35.7 Å². The van der Waals surface area contributed by atoms with Crippen LogP contribution in [0.5, 0.6) is 17.2 Å². The lowest BCUT2D eigenvalue weighted by molar-refractivity contribution is -0.133. The number of hydrazone groups is 1. The van der Waals surface area contributed by atoms with Gasteiger partial charge in [0.2, 0.25) is 17.9 Å². The molecule has 0 bridgehead atoms. The number of hydrogen-bond donors (Lipinski definition) is 1. The summed E-state index contributed by atoms with van der Waals surface area (Å²) in [5.41, 5.74) is 1.78. The van der Waals surface area contributed by atoms with Crippen molar-refractivity contribution in [1.29, 1.82) is 5.41 Å². The average molecular weight is 534 g/mol. The predicted octanol–water partition coefficient (Wildman–Crippen LogP) is 2.86. The van der Waals surface area contributed by atoms with E-state index in [2.05, 4.69) is 10.1 Å². The molecule has 1 N–H and O–H groups in total. The van der Waals surface area contributed by atoms with Gasteiger partial charge in [0.15, 0.2) is 17.3 Å². The van der Waals surface area contributed by atoms with E-state index in [1.54, 1.807) is 35.2 Å². The molecule has 0 spiro atoms. The predicted molar refractivity (Wildman–Crippen MR) is 140 cm³/mol. The molecule has 2 amide bonds. The second kappa shape index (κ2) is 10.3. The third kappa shape index (κ3) is 5.00. The van der Waals surface area contributed by atoms with Crippen molar-refractivity contribution in [3.63, 3.8) is 0 Å². The van der Waals surface area contributed by atoms with Gasteiger partial charge in [0.05, 0.1) is 25.2 Å². The maximum absolute atomic E-state index is 12.7. The number of carbonyl (C=O) groups is 2. The number of morpholine rings is 1. The van der Waals surface area contributed by atoms with Crippen LogP contribution in [0.2, 0.25) is 0 Å². The molecule has 0 aliphatic carbocycles. The average Bonchev–Trinajstić information content (AvgIpc) is 3.57. The smallest absolute Gasteiger partial charge is 0.283 e. The molecular weight excluding hydrogens is 510 g/mol. The van der Waals surface area contributed by atoms with Crippen LogP contribution in [-0.2, 0) is 20.9 Å². The first kappa shape index (κ1) is 24.2. The Morgan fingerprint density at radius 1 is 1.11 bits per heavy atom. The Morgan fingerprint density at radius 2 is 1.89 bits per heavy atom. The Balaban J connectivity index is 1.10. The van der Waals surface area contributed by atoms with E-state index in [4.69, 9.17) is 24.4 Å². The van der Waals surface area contributed by atoms with Crippen molar-refractivity contribution in [3.05, 3.63) is 59.2 Å². The molecule has 0 saturated carbocycles. The van der Waals surface area contributed by atoms with E-state index in [1.165, 1.54) is 5.01 Å². The monoisotopic (exact) mass is 533 g/mol. The highest BCUT2D eigenvalue weighted by molar-refractivity contribution is 8.27. The van der Waals surface area contributed by atoms with Gasteiger partial charge in [-0.25, -0.2) is 0 Å². The first-order valence-electron chi connectivity index (χ1n) is 12.0. The number of ether oxygens (including phenoxy) is 4. The van der Waals surface area contributed by atoms with Crippen molar-refractivity contribution >= 4 is 45.7 Å². The highest BCUT2D eigenvalue weighted by Gasteiger charge is 2.36. The number of amidine groups is 2. The summed E-state index contributed by atoms with van der Waals surface area (Å²) in [6.07, 6.45) is 1.69. The zero-order valence-corrected chi connectivity index (χ0v) is 21.0. The van der Waals surface area contributed by atoms with Crippen LogP contribution in [0.1, 0.15) is 17.5 Å². The van der Waals surface area contributed by atoms with Gasteiger partial charge in [0.25, 0.3) is 5.91 Å². The number of thioether (sulfide) groups is 1. The molecule has 1 fully saturated rings.